The molecule has 2 aromatic rings. The number of nitrogens with zero attached hydrogens (tertiary/aromatic N) is 1. The predicted octanol–water partition coefficient (Wildman–Crippen LogP) is 6.99. The summed E-state index contributed by atoms with van der Waals surface area (Å²) < 4.78 is 41.0. The Labute approximate surface area is 291 Å². The fourth-order valence-corrected chi connectivity index (χ4v) is 8.97. The first-order chi connectivity index (χ1) is 23.1. The molecule has 5 rings (SSSR count). The fraction of sp³-hybridized carbons (Fsp3) is 0.553. The number of carbonyl (C=O) groups is 1. The van der Waals surface area contributed by atoms with Crippen LogP contribution in [0, 0.1) is 11.8 Å². The molecule has 1 saturated carbocycles. The molecule has 0 radical (unpaired) electrons. The molecule has 1 heterocycles. The number of anilines is 1. The molecule has 3 aliphatic rings. The lowest BCUT2D eigenvalue weighted by molar-refractivity contribution is 0.0456. The number of sulfonamides is 1. The average Bonchev–Trinajstić information content (AvgIpc) is 3.19. The van der Waals surface area contributed by atoms with Crippen molar-refractivity contribution in [1.82, 2.24) is 4.72 Å². The number of hydrogen-bond donors (Lipinski definition) is 2. The Morgan fingerprint density at radius 3 is 2.79 bits per heavy atom. The number of aliphatic hydroxyl groups is 1. The summed E-state index contributed by atoms with van der Waals surface area (Å²) in [6, 6.07) is 11.3. The van der Waals surface area contributed by atoms with Gasteiger partial charge in [-0.2, -0.15) is 0 Å². The number of hydrogen-bond acceptors (Lipinski definition) is 7. The van der Waals surface area contributed by atoms with Crippen molar-refractivity contribution in [1.29, 1.82) is 0 Å². The molecule has 10 heteroatoms. The second-order valence-corrected chi connectivity index (χ2v) is 16.0. The Morgan fingerprint density at radius 1 is 1.23 bits per heavy atom. The average molecular weight is 699 g/mol. The third-order valence-corrected chi connectivity index (χ3v) is 12.3. The van der Waals surface area contributed by atoms with Gasteiger partial charge in [-0.15, -0.1) is 6.58 Å². The van der Waals surface area contributed by atoms with E-state index in [1.165, 1.54) is 11.1 Å². The van der Waals surface area contributed by atoms with Gasteiger partial charge in [0.15, 0.2) is 0 Å². The van der Waals surface area contributed by atoms with Crippen LogP contribution >= 0.6 is 11.6 Å². The van der Waals surface area contributed by atoms with Crippen LogP contribution in [0.1, 0.15) is 86.7 Å². The van der Waals surface area contributed by atoms with E-state index in [4.69, 9.17) is 21.1 Å². The molecule has 1 fully saturated rings. The molecule has 0 saturated heterocycles. The highest BCUT2D eigenvalue weighted by atomic mass is 35.5. The number of allylic oxidation sites excluding steroid dienone is 2. The highest BCUT2D eigenvalue weighted by molar-refractivity contribution is 7.90. The Bertz CT molecular complexity index is 1580. The van der Waals surface area contributed by atoms with E-state index >= 15 is 0 Å². The predicted molar refractivity (Wildman–Crippen MR) is 193 cm³/mol. The zero-order valence-corrected chi connectivity index (χ0v) is 29.9. The van der Waals surface area contributed by atoms with Gasteiger partial charge in [0.05, 0.1) is 25.0 Å². The molecule has 262 valence electrons. The number of ether oxygens (including phenoxy) is 2. The summed E-state index contributed by atoms with van der Waals surface area (Å²) in [7, 11) is -4.02. The Hall–Kier alpha value is -2.85. The topological polar surface area (TPSA) is 105 Å². The molecule has 2 aromatic carbocycles. The van der Waals surface area contributed by atoms with Crippen LogP contribution in [0.4, 0.5) is 5.69 Å². The van der Waals surface area contributed by atoms with E-state index in [0.29, 0.717) is 44.9 Å². The number of aliphatic hydroxyl groups excluding tert-OH is 1. The van der Waals surface area contributed by atoms with Gasteiger partial charge >= 0.3 is 0 Å². The summed E-state index contributed by atoms with van der Waals surface area (Å²) in [5.74, 6) is 0.373. The molecule has 2 N–H and O–H groups in total. The van der Waals surface area contributed by atoms with Crippen LogP contribution in [0.3, 0.4) is 0 Å². The molecule has 5 atom stereocenters. The number of rotatable bonds is 15. The maximum absolute atomic E-state index is 13.6. The smallest absolute Gasteiger partial charge is 0.264 e. The summed E-state index contributed by atoms with van der Waals surface area (Å²) in [6.45, 7) is 9.84. The highest BCUT2D eigenvalue weighted by Crippen LogP contribution is 2.46. The first kappa shape index (κ1) is 36.4. The lowest BCUT2D eigenvalue weighted by Gasteiger charge is -2.45. The van der Waals surface area contributed by atoms with Gasteiger partial charge in [0.2, 0.25) is 10.0 Å². The minimum absolute atomic E-state index is 0.00440. The van der Waals surface area contributed by atoms with Crippen LogP contribution in [-0.4, -0.2) is 63.7 Å². The number of nitrogens with one attached hydrogen (secondary N) is 1. The van der Waals surface area contributed by atoms with Crippen LogP contribution < -0.4 is 14.4 Å². The quantitative estimate of drug-likeness (QED) is 0.193. The first-order valence-electron chi connectivity index (χ1n) is 17.5. The first-order valence-corrected chi connectivity index (χ1v) is 19.4. The minimum atomic E-state index is -4.02. The van der Waals surface area contributed by atoms with E-state index in [2.05, 4.69) is 41.3 Å². The number of halogens is 1. The van der Waals surface area contributed by atoms with Crippen molar-refractivity contribution < 1.29 is 27.8 Å². The van der Waals surface area contributed by atoms with Gasteiger partial charge in [0, 0.05) is 35.7 Å². The van der Waals surface area contributed by atoms with Crippen LogP contribution in [0.25, 0.3) is 0 Å². The monoisotopic (exact) mass is 698 g/mol. The molecule has 0 bridgehead atoms. The zero-order chi connectivity index (χ0) is 34.3. The summed E-state index contributed by atoms with van der Waals surface area (Å²) in [5.41, 5.74) is 3.19. The summed E-state index contributed by atoms with van der Waals surface area (Å²) in [6.07, 6.45) is 12.8. The molecule has 48 heavy (non-hydrogen) atoms. The molecular weight excluding hydrogens is 648 g/mol. The largest absolute Gasteiger partial charge is 0.490 e. The van der Waals surface area contributed by atoms with E-state index in [0.717, 1.165) is 55.7 Å². The van der Waals surface area contributed by atoms with Crippen molar-refractivity contribution in [2.75, 3.05) is 37.8 Å². The lowest BCUT2D eigenvalue weighted by atomic mass is 9.68. The lowest BCUT2D eigenvalue weighted by Crippen LogP contribution is -2.49. The maximum Gasteiger partial charge on any atom is 0.264 e. The third kappa shape index (κ3) is 8.29. The molecule has 2 unspecified atom stereocenters. The van der Waals surface area contributed by atoms with Gasteiger partial charge in [0.1, 0.15) is 11.0 Å². The van der Waals surface area contributed by atoms with E-state index in [-0.39, 0.29) is 29.4 Å². The molecule has 8 nitrogen and oxygen atoms in total. The van der Waals surface area contributed by atoms with Crippen LogP contribution in [0.15, 0.2) is 61.2 Å². The van der Waals surface area contributed by atoms with Gasteiger partial charge < -0.3 is 19.5 Å². The van der Waals surface area contributed by atoms with Gasteiger partial charge in [0.25, 0.3) is 5.91 Å². The molecule has 1 amide bonds. The van der Waals surface area contributed by atoms with Crippen LogP contribution in [-0.2, 0) is 26.6 Å². The van der Waals surface area contributed by atoms with Gasteiger partial charge in [-0.05, 0) is 112 Å². The van der Waals surface area contributed by atoms with E-state index < -0.39 is 27.3 Å². The zero-order valence-electron chi connectivity index (χ0n) is 28.3. The SMILES string of the molecule is C=CCCC(COCC)S(=O)(=O)NC(=O)c1ccc2c(c1)N(C[C@@H]1CC[C@H]1C(O)/C=C/CCC)C[C@@]1(CCCc3cc(Cl)ccc31)CO2. The van der Waals surface area contributed by atoms with Crippen molar-refractivity contribution in [2.24, 2.45) is 11.8 Å². The van der Waals surface area contributed by atoms with E-state index in [9.17, 15) is 18.3 Å². The number of amides is 1. The van der Waals surface area contributed by atoms with Crippen LogP contribution in [0.2, 0.25) is 5.02 Å². The van der Waals surface area contributed by atoms with Gasteiger partial charge in [-0.1, -0.05) is 49.2 Å². The van der Waals surface area contributed by atoms with Gasteiger partial charge in [-0.25, -0.2) is 13.1 Å². The molecule has 1 aliphatic heterocycles. The van der Waals surface area contributed by atoms with Crippen molar-refractivity contribution in [2.45, 2.75) is 88.4 Å². The second kappa shape index (κ2) is 16.2. The third-order valence-electron chi connectivity index (χ3n) is 10.3. The fourth-order valence-electron chi connectivity index (χ4n) is 7.51. The molecule has 1 spiro atoms. The number of benzene rings is 2. The van der Waals surface area contributed by atoms with Crippen LogP contribution in [0.5, 0.6) is 5.75 Å². The molecule has 2 aliphatic carbocycles. The van der Waals surface area contributed by atoms with E-state index in [1.807, 2.05) is 12.1 Å². The molecule has 0 aromatic heterocycles. The number of fused-ring (bicyclic) bond motifs is 3. The second-order valence-electron chi connectivity index (χ2n) is 13.6. The van der Waals surface area contributed by atoms with Crippen molar-refractivity contribution in [3.8, 4) is 5.75 Å². The van der Waals surface area contributed by atoms with Crippen molar-refractivity contribution in [3.63, 3.8) is 0 Å². The Balaban J connectivity index is 1.46. The van der Waals surface area contributed by atoms with Crippen molar-refractivity contribution >= 4 is 33.2 Å². The maximum atomic E-state index is 13.6. The Morgan fingerprint density at radius 2 is 2.06 bits per heavy atom. The van der Waals surface area contributed by atoms with E-state index in [1.54, 1.807) is 31.2 Å². The highest BCUT2D eigenvalue weighted by Gasteiger charge is 2.44. The minimum Gasteiger partial charge on any atom is -0.490 e. The Kier molecular flexibility index (Phi) is 12.3. The number of unbranched alkanes of at least 4 members (excludes halogenated alkanes) is 1. The standard InChI is InChI=1S/C38H51ClN2O6S/c1-4-7-9-13-35(42)32-17-14-29(32)23-41-25-38(20-10-11-27-21-30(39)16-18-33(27)38)26-47-36-19-15-28(22-34(36)41)37(43)40-48(44,45)31(12-8-5-2)24-46-6-3/h5,9,13,15-16,18-19,21-22,29,31-32,35,42H,2,4,6-8,10-12,14,17,20,23-26H2,1,3H3,(H,40,43)/b13-9+/t29-,31?,32+,35?,38-/m0/s1. The summed E-state index contributed by atoms with van der Waals surface area (Å²) in [4.78, 5) is 15.9. The van der Waals surface area contributed by atoms with Gasteiger partial charge in [-0.3, -0.25) is 4.79 Å². The summed E-state index contributed by atoms with van der Waals surface area (Å²) in [5, 5.41) is 10.9. The number of aryl methyl sites for hydroxylation is 1. The normalized spacial score (nSPS) is 23.4. The number of carbonyl (C=O) groups excluding carboxylic acids is 1. The summed E-state index contributed by atoms with van der Waals surface area (Å²) >= 11 is 6.42. The molecular formula is C38H51ClN2O6S. The van der Waals surface area contributed by atoms with Crippen molar-refractivity contribution in [3.05, 3.63) is 82.9 Å².